The Kier molecular flexibility index (Phi) is 7.54. The first kappa shape index (κ1) is 22.1. The molecule has 32 heavy (non-hydrogen) atoms. The summed E-state index contributed by atoms with van der Waals surface area (Å²) in [5.41, 5.74) is 2.25. The third-order valence-corrected chi connectivity index (χ3v) is 5.77. The Morgan fingerprint density at radius 2 is 1.44 bits per heavy atom. The molecule has 0 radical (unpaired) electrons. The zero-order valence-electron chi connectivity index (χ0n) is 18.2. The van der Waals surface area contributed by atoms with Crippen LogP contribution in [-0.4, -0.2) is 24.7 Å². The third-order valence-electron chi connectivity index (χ3n) is 5.77. The van der Waals surface area contributed by atoms with Crippen LogP contribution in [0.5, 0.6) is 5.75 Å². The molecule has 0 aromatic heterocycles. The zero-order valence-corrected chi connectivity index (χ0v) is 18.2. The van der Waals surface area contributed by atoms with E-state index in [4.69, 9.17) is 14.2 Å². The maximum atomic E-state index is 13.3. The first-order valence-corrected chi connectivity index (χ1v) is 11.0. The molecule has 3 aromatic rings. The molecule has 166 valence electrons. The molecule has 0 saturated carbocycles. The predicted octanol–water partition coefficient (Wildman–Crippen LogP) is 4.65. The van der Waals surface area contributed by atoms with Crippen molar-refractivity contribution >= 4 is 5.91 Å². The molecule has 1 aliphatic rings. The summed E-state index contributed by atoms with van der Waals surface area (Å²) in [7, 11) is 0. The molecule has 1 fully saturated rings. The van der Waals surface area contributed by atoms with E-state index in [1.54, 1.807) is 0 Å². The molecule has 1 N–H and O–H groups in total. The quantitative estimate of drug-likeness (QED) is 0.536. The van der Waals surface area contributed by atoms with Gasteiger partial charge in [-0.25, -0.2) is 0 Å². The number of hydrogen-bond acceptors (Lipinski definition) is 4. The van der Waals surface area contributed by atoms with Gasteiger partial charge in [0.15, 0.2) is 5.60 Å². The second-order valence-electron chi connectivity index (χ2n) is 7.93. The van der Waals surface area contributed by atoms with Gasteiger partial charge in [-0.3, -0.25) is 4.79 Å². The normalized spacial score (nSPS) is 15.1. The number of carbonyl (C=O) groups excluding carboxylic acids is 1. The monoisotopic (exact) mass is 431 g/mol. The van der Waals surface area contributed by atoms with Gasteiger partial charge >= 0.3 is 0 Å². The van der Waals surface area contributed by atoms with E-state index in [2.05, 4.69) is 5.32 Å². The van der Waals surface area contributed by atoms with Gasteiger partial charge in [0.05, 0.1) is 6.61 Å². The summed E-state index contributed by atoms with van der Waals surface area (Å²) in [5, 5.41) is 3.11. The van der Waals surface area contributed by atoms with Crippen LogP contribution in [-0.2, 0) is 34.0 Å². The number of benzene rings is 3. The van der Waals surface area contributed by atoms with Gasteiger partial charge in [0.2, 0.25) is 0 Å². The lowest BCUT2D eigenvalue weighted by Gasteiger charge is -2.35. The largest absolute Gasteiger partial charge is 0.489 e. The molecular formula is C27H29NO4. The van der Waals surface area contributed by atoms with Crippen LogP contribution in [0.1, 0.15) is 29.5 Å². The minimum atomic E-state index is -0.871. The average molecular weight is 432 g/mol. The molecule has 0 aliphatic carbocycles. The first-order valence-electron chi connectivity index (χ1n) is 11.0. The number of nitrogens with one attached hydrogen (secondary N) is 1. The molecule has 0 spiro atoms. The molecule has 1 saturated heterocycles. The average Bonchev–Trinajstić information content (AvgIpc) is 2.87. The van der Waals surface area contributed by atoms with Crippen LogP contribution < -0.4 is 10.1 Å². The fourth-order valence-corrected chi connectivity index (χ4v) is 3.82. The fourth-order valence-electron chi connectivity index (χ4n) is 3.82. The number of hydrogen-bond donors (Lipinski definition) is 1. The summed E-state index contributed by atoms with van der Waals surface area (Å²) < 4.78 is 17.6. The van der Waals surface area contributed by atoms with Crippen LogP contribution in [0.2, 0.25) is 0 Å². The second kappa shape index (κ2) is 10.9. The number of rotatable bonds is 9. The topological polar surface area (TPSA) is 56.8 Å². The van der Waals surface area contributed by atoms with Crippen molar-refractivity contribution in [3.8, 4) is 5.75 Å². The van der Waals surface area contributed by atoms with Crippen LogP contribution in [0.4, 0.5) is 0 Å². The molecular weight excluding hydrogens is 402 g/mol. The van der Waals surface area contributed by atoms with E-state index in [0.29, 0.717) is 45.8 Å². The molecule has 0 unspecified atom stereocenters. The Bertz CT molecular complexity index is 985. The summed E-state index contributed by atoms with van der Waals surface area (Å²) in [6, 6.07) is 27.7. The van der Waals surface area contributed by atoms with Crippen molar-refractivity contribution in [3.05, 3.63) is 102 Å². The SMILES string of the molecule is O=C(NCc1ccccc1COc1ccccc1)C1(OCc2ccccc2)CCOCC1. The molecule has 0 atom stereocenters. The Balaban J connectivity index is 1.39. The van der Waals surface area contributed by atoms with Gasteiger partial charge in [-0.05, 0) is 28.8 Å². The van der Waals surface area contributed by atoms with Gasteiger partial charge < -0.3 is 19.5 Å². The number of amides is 1. The summed E-state index contributed by atoms with van der Waals surface area (Å²) in [4.78, 5) is 13.3. The van der Waals surface area contributed by atoms with Crippen LogP contribution in [0, 0.1) is 0 Å². The Labute approximate surface area is 189 Å². The number of para-hydroxylation sites is 1. The second-order valence-corrected chi connectivity index (χ2v) is 7.93. The van der Waals surface area contributed by atoms with Crippen molar-refractivity contribution in [2.45, 2.75) is 38.2 Å². The van der Waals surface area contributed by atoms with Crippen molar-refractivity contribution in [1.82, 2.24) is 5.32 Å². The molecule has 4 rings (SSSR count). The van der Waals surface area contributed by atoms with Gasteiger partial charge in [-0.2, -0.15) is 0 Å². The highest BCUT2D eigenvalue weighted by Crippen LogP contribution is 2.27. The predicted molar refractivity (Wildman–Crippen MR) is 123 cm³/mol. The standard InChI is InChI=1S/C27H29NO4/c29-26(27(15-17-30-18-16-27)32-20-22-9-3-1-4-10-22)28-19-23-11-7-8-12-24(23)21-31-25-13-5-2-6-14-25/h1-14H,15-21H2,(H,28,29). The molecule has 1 heterocycles. The highest BCUT2D eigenvalue weighted by molar-refractivity contribution is 5.85. The molecule has 0 bridgehead atoms. The van der Waals surface area contributed by atoms with Crippen LogP contribution in [0.15, 0.2) is 84.9 Å². The molecule has 3 aromatic carbocycles. The third kappa shape index (κ3) is 5.75. The molecule has 5 nitrogen and oxygen atoms in total. The van der Waals surface area contributed by atoms with Crippen LogP contribution in [0.3, 0.4) is 0 Å². The van der Waals surface area contributed by atoms with E-state index in [1.165, 1.54) is 0 Å². The smallest absolute Gasteiger partial charge is 0.252 e. The maximum Gasteiger partial charge on any atom is 0.252 e. The minimum Gasteiger partial charge on any atom is -0.489 e. The van der Waals surface area contributed by atoms with E-state index in [9.17, 15) is 4.79 Å². The Morgan fingerprint density at radius 1 is 0.812 bits per heavy atom. The lowest BCUT2D eigenvalue weighted by molar-refractivity contribution is -0.163. The molecule has 1 aliphatic heterocycles. The number of carbonyl (C=O) groups is 1. The van der Waals surface area contributed by atoms with Crippen LogP contribution >= 0.6 is 0 Å². The van der Waals surface area contributed by atoms with Gasteiger partial charge in [0, 0.05) is 32.6 Å². The Morgan fingerprint density at radius 3 is 2.16 bits per heavy atom. The van der Waals surface area contributed by atoms with Gasteiger partial charge in [-0.1, -0.05) is 72.8 Å². The lowest BCUT2D eigenvalue weighted by Crippen LogP contribution is -2.52. The van der Waals surface area contributed by atoms with E-state index >= 15 is 0 Å². The summed E-state index contributed by atoms with van der Waals surface area (Å²) in [5.74, 6) is 0.734. The van der Waals surface area contributed by atoms with E-state index in [0.717, 1.165) is 22.4 Å². The van der Waals surface area contributed by atoms with Crippen molar-refractivity contribution in [3.63, 3.8) is 0 Å². The number of ether oxygens (including phenoxy) is 3. The first-order chi connectivity index (χ1) is 15.8. The Hall–Kier alpha value is -3.15. The summed E-state index contributed by atoms with van der Waals surface area (Å²) >= 11 is 0. The molecule has 1 amide bonds. The van der Waals surface area contributed by atoms with Crippen molar-refractivity contribution in [2.24, 2.45) is 0 Å². The van der Waals surface area contributed by atoms with Gasteiger partial charge in [0.25, 0.3) is 5.91 Å². The van der Waals surface area contributed by atoms with Crippen molar-refractivity contribution < 1.29 is 19.0 Å². The highest BCUT2D eigenvalue weighted by atomic mass is 16.5. The zero-order chi connectivity index (χ0) is 22.1. The highest BCUT2D eigenvalue weighted by Gasteiger charge is 2.41. The summed E-state index contributed by atoms with van der Waals surface area (Å²) in [6.07, 6.45) is 1.09. The van der Waals surface area contributed by atoms with E-state index in [1.807, 2.05) is 84.9 Å². The fraction of sp³-hybridized carbons (Fsp3) is 0.296. The van der Waals surface area contributed by atoms with Crippen molar-refractivity contribution in [2.75, 3.05) is 13.2 Å². The van der Waals surface area contributed by atoms with Crippen LogP contribution in [0.25, 0.3) is 0 Å². The maximum absolute atomic E-state index is 13.3. The minimum absolute atomic E-state index is 0.0875. The van der Waals surface area contributed by atoms with Gasteiger partial charge in [-0.15, -0.1) is 0 Å². The van der Waals surface area contributed by atoms with Crippen molar-refractivity contribution in [1.29, 1.82) is 0 Å². The van der Waals surface area contributed by atoms with E-state index < -0.39 is 5.60 Å². The lowest BCUT2D eigenvalue weighted by atomic mass is 9.92. The van der Waals surface area contributed by atoms with E-state index in [-0.39, 0.29) is 5.91 Å². The molecule has 5 heteroatoms. The summed E-state index contributed by atoms with van der Waals surface area (Å²) in [6.45, 7) is 2.30. The van der Waals surface area contributed by atoms with Gasteiger partial charge in [0.1, 0.15) is 12.4 Å².